The number of carboxylic acids is 1. The van der Waals surface area contributed by atoms with Crippen LogP contribution >= 0.6 is 0 Å². The Morgan fingerprint density at radius 3 is 2.41 bits per heavy atom. The van der Waals surface area contributed by atoms with Gasteiger partial charge in [0.05, 0.1) is 5.41 Å². The molecule has 98 valence electrons. The molecule has 1 saturated carbocycles. The monoisotopic (exact) mass is 242 g/mol. The zero-order chi connectivity index (χ0) is 13.2. The Bertz CT molecular complexity index is 317. The number of hydrogen-bond acceptors (Lipinski definition) is 3. The van der Waals surface area contributed by atoms with Crippen molar-refractivity contribution < 1.29 is 14.7 Å². The average molecular weight is 242 g/mol. The third-order valence-corrected chi connectivity index (χ3v) is 3.77. The van der Waals surface area contributed by atoms with Crippen molar-refractivity contribution in [1.82, 2.24) is 5.32 Å². The third-order valence-electron chi connectivity index (χ3n) is 3.77. The van der Waals surface area contributed by atoms with E-state index in [-0.39, 0.29) is 17.9 Å². The number of hydrogen-bond donors (Lipinski definition) is 3. The second-order valence-electron chi connectivity index (χ2n) is 5.45. The summed E-state index contributed by atoms with van der Waals surface area (Å²) in [7, 11) is 0. The Labute approximate surface area is 102 Å². The first-order valence-electron chi connectivity index (χ1n) is 6.08. The molecule has 0 heterocycles. The lowest BCUT2D eigenvalue weighted by Crippen LogP contribution is -2.53. The zero-order valence-corrected chi connectivity index (χ0v) is 10.7. The van der Waals surface area contributed by atoms with Crippen LogP contribution in [0.3, 0.4) is 0 Å². The van der Waals surface area contributed by atoms with Crippen molar-refractivity contribution in [3.8, 4) is 0 Å². The second kappa shape index (κ2) is 5.04. The van der Waals surface area contributed by atoms with Gasteiger partial charge in [0.25, 0.3) is 0 Å². The molecule has 2 unspecified atom stereocenters. The Hall–Kier alpha value is -1.10. The van der Waals surface area contributed by atoms with Crippen LogP contribution in [0.25, 0.3) is 0 Å². The molecule has 1 amide bonds. The van der Waals surface area contributed by atoms with Crippen LogP contribution in [0, 0.1) is 11.3 Å². The van der Waals surface area contributed by atoms with Gasteiger partial charge in [-0.05, 0) is 25.7 Å². The number of rotatable bonds is 4. The molecule has 5 nitrogen and oxygen atoms in total. The van der Waals surface area contributed by atoms with Crippen LogP contribution < -0.4 is 11.1 Å². The van der Waals surface area contributed by atoms with E-state index in [1.54, 1.807) is 13.8 Å². The molecule has 5 heteroatoms. The van der Waals surface area contributed by atoms with E-state index < -0.39 is 17.4 Å². The van der Waals surface area contributed by atoms with E-state index in [1.807, 2.05) is 6.92 Å². The van der Waals surface area contributed by atoms with Crippen molar-refractivity contribution >= 4 is 11.9 Å². The predicted molar refractivity (Wildman–Crippen MR) is 64.3 cm³/mol. The largest absolute Gasteiger partial charge is 0.480 e. The lowest BCUT2D eigenvalue weighted by atomic mass is 9.83. The average Bonchev–Trinajstić information content (AvgIpc) is 2.55. The summed E-state index contributed by atoms with van der Waals surface area (Å²) in [6, 6.07) is -1.02. The molecule has 4 N–H and O–H groups in total. The molecule has 1 aliphatic rings. The van der Waals surface area contributed by atoms with Crippen molar-refractivity contribution in [1.29, 1.82) is 0 Å². The fraction of sp³-hybridized carbons (Fsp3) is 0.833. The van der Waals surface area contributed by atoms with Crippen molar-refractivity contribution in [2.75, 3.05) is 0 Å². The van der Waals surface area contributed by atoms with E-state index in [4.69, 9.17) is 10.8 Å². The quantitative estimate of drug-likeness (QED) is 0.677. The lowest BCUT2D eigenvalue weighted by molar-refractivity contribution is -0.145. The van der Waals surface area contributed by atoms with Crippen LogP contribution in [0.5, 0.6) is 0 Å². The van der Waals surface area contributed by atoms with Gasteiger partial charge in [-0.2, -0.15) is 0 Å². The van der Waals surface area contributed by atoms with Gasteiger partial charge >= 0.3 is 5.97 Å². The number of aliphatic carboxylic acids is 1. The van der Waals surface area contributed by atoms with Gasteiger partial charge in [0.1, 0.15) is 6.04 Å². The molecule has 0 bridgehead atoms. The lowest BCUT2D eigenvalue weighted by Gasteiger charge is -2.30. The Kier molecular flexibility index (Phi) is 4.14. The van der Waals surface area contributed by atoms with Gasteiger partial charge in [0, 0.05) is 6.04 Å². The highest BCUT2D eigenvalue weighted by Crippen LogP contribution is 2.37. The summed E-state index contributed by atoms with van der Waals surface area (Å²) in [6.07, 6.45) is 2.47. The van der Waals surface area contributed by atoms with Gasteiger partial charge in [-0.25, -0.2) is 4.79 Å². The molecule has 0 aromatic heterocycles. The zero-order valence-electron chi connectivity index (χ0n) is 10.7. The summed E-state index contributed by atoms with van der Waals surface area (Å²) < 4.78 is 0. The molecule has 0 aromatic rings. The van der Waals surface area contributed by atoms with Gasteiger partial charge in [0.2, 0.25) is 5.91 Å². The van der Waals surface area contributed by atoms with Gasteiger partial charge < -0.3 is 16.2 Å². The minimum absolute atomic E-state index is 0.141. The predicted octanol–water partition coefficient (Wildman–Crippen LogP) is 0.729. The van der Waals surface area contributed by atoms with E-state index in [0.717, 1.165) is 19.3 Å². The molecule has 0 aromatic carbocycles. The summed E-state index contributed by atoms with van der Waals surface area (Å²) in [5.74, 6) is -1.37. The molecule has 0 aliphatic heterocycles. The van der Waals surface area contributed by atoms with Crippen LogP contribution in [0.1, 0.15) is 40.0 Å². The number of nitrogens with one attached hydrogen (secondary N) is 1. The van der Waals surface area contributed by atoms with Crippen molar-refractivity contribution in [3.05, 3.63) is 0 Å². The van der Waals surface area contributed by atoms with Gasteiger partial charge in [-0.3, -0.25) is 4.79 Å². The summed E-state index contributed by atoms with van der Waals surface area (Å²) in [4.78, 5) is 23.2. The Balaban J connectivity index is 2.74. The maximum absolute atomic E-state index is 12.1. The smallest absolute Gasteiger partial charge is 0.326 e. The normalized spacial score (nSPS) is 30.3. The molecule has 3 atom stereocenters. The summed E-state index contributed by atoms with van der Waals surface area (Å²) >= 11 is 0. The third kappa shape index (κ3) is 2.77. The highest BCUT2D eigenvalue weighted by Gasteiger charge is 2.44. The first-order valence-corrected chi connectivity index (χ1v) is 6.08. The number of carbonyl (C=O) groups excluding carboxylic acids is 1. The van der Waals surface area contributed by atoms with Crippen molar-refractivity contribution in [2.45, 2.75) is 52.1 Å². The molecular weight excluding hydrogens is 220 g/mol. The Morgan fingerprint density at radius 2 is 2.06 bits per heavy atom. The van der Waals surface area contributed by atoms with Crippen molar-refractivity contribution in [3.63, 3.8) is 0 Å². The molecule has 1 fully saturated rings. The van der Waals surface area contributed by atoms with Crippen LogP contribution in [-0.2, 0) is 9.59 Å². The SMILES string of the molecule is CC(C)[C@H](NC(=O)C1(C)CCCC1N)C(=O)O. The van der Waals surface area contributed by atoms with E-state index in [2.05, 4.69) is 5.32 Å². The number of carbonyl (C=O) groups is 2. The van der Waals surface area contributed by atoms with Crippen LogP contribution in [0.4, 0.5) is 0 Å². The van der Waals surface area contributed by atoms with E-state index in [0.29, 0.717) is 0 Å². The molecule has 0 spiro atoms. The molecular formula is C12H22N2O3. The highest BCUT2D eigenvalue weighted by atomic mass is 16.4. The van der Waals surface area contributed by atoms with Crippen LogP contribution in [0.2, 0.25) is 0 Å². The van der Waals surface area contributed by atoms with Crippen LogP contribution in [0.15, 0.2) is 0 Å². The number of carboxylic acid groups (broad SMARTS) is 1. The number of nitrogens with two attached hydrogens (primary N) is 1. The fourth-order valence-corrected chi connectivity index (χ4v) is 2.29. The van der Waals surface area contributed by atoms with E-state index >= 15 is 0 Å². The fourth-order valence-electron chi connectivity index (χ4n) is 2.29. The maximum Gasteiger partial charge on any atom is 0.326 e. The second-order valence-corrected chi connectivity index (χ2v) is 5.45. The molecule has 1 aliphatic carbocycles. The van der Waals surface area contributed by atoms with Crippen LogP contribution in [-0.4, -0.2) is 29.1 Å². The van der Waals surface area contributed by atoms with Crippen molar-refractivity contribution in [2.24, 2.45) is 17.1 Å². The minimum Gasteiger partial charge on any atom is -0.480 e. The molecule has 1 rings (SSSR count). The molecule has 0 saturated heterocycles. The molecule has 17 heavy (non-hydrogen) atoms. The van der Waals surface area contributed by atoms with E-state index in [1.165, 1.54) is 0 Å². The molecule has 0 radical (unpaired) electrons. The minimum atomic E-state index is -0.997. The first kappa shape index (κ1) is 14.0. The number of amides is 1. The summed E-state index contributed by atoms with van der Waals surface area (Å²) in [6.45, 7) is 5.37. The van der Waals surface area contributed by atoms with Gasteiger partial charge in [0.15, 0.2) is 0 Å². The van der Waals surface area contributed by atoms with Gasteiger partial charge in [-0.1, -0.05) is 20.3 Å². The maximum atomic E-state index is 12.1. The first-order chi connectivity index (χ1) is 7.79. The topological polar surface area (TPSA) is 92.4 Å². The Morgan fingerprint density at radius 1 is 1.47 bits per heavy atom. The highest BCUT2D eigenvalue weighted by molar-refractivity contribution is 5.88. The summed E-state index contributed by atoms with van der Waals surface area (Å²) in [5, 5.41) is 11.6. The van der Waals surface area contributed by atoms with Gasteiger partial charge in [-0.15, -0.1) is 0 Å². The standard InChI is InChI=1S/C12H22N2O3/c1-7(2)9(10(15)16)14-11(17)12(3)6-4-5-8(12)13/h7-9H,4-6,13H2,1-3H3,(H,14,17)(H,15,16)/t8?,9-,12?/m0/s1. The summed E-state index contributed by atoms with van der Waals surface area (Å²) in [5.41, 5.74) is 5.31. The van der Waals surface area contributed by atoms with E-state index in [9.17, 15) is 9.59 Å².